The van der Waals surface area contributed by atoms with Gasteiger partial charge in [-0.25, -0.2) is 0 Å². The maximum absolute atomic E-state index is 10.7. The molecule has 4 rings (SSSR count). The normalized spacial score (nSPS) is 13.5. The van der Waals surface area contributed by atoms with Gasteiger partial charge < -0.3 is 9.67 Å². The van der Waals surface area contributed by atoms with Crippen LogP contribution in [0, 0.1) is 18.3 Å². The van der Waals surface area contributed by atoms with Crippen LogP contribution >= 0.6 is 11.6 Å². The fourth-order valence-corrected chi connectivity index (χ4v) is 3.68. The van der Waals surface area contributed by atoms with E-state index in [1.807, 2.05) is 37.4 Å². The Morgan fingerprint density at radius 1 is 1.28 bits per heavy atom. The lowest BCUT2D eigenvalue weighted by Gasteiger charge is -2.12. The number of hydrogen-bond acceptors (Lipinski definition) is 3. The van der Waals surface area contributed by atoms with Crippen LogP contribution < -0.4 is 0 Å². The molecule has 0 bridgehead atoms. The van der Waals surface area contributed by atoms with Crippen LogP contribution in [0.3, 0.4) is 0 Å². The van der Waals surface area contributed by atoms with Gasteiger partial charge in [-0.1, -0.05) is 23.7 Å². The Morgan fingerprint density at radius 3 is 2.76 bits per heavy atom. The molecule has 0 aliphatic carbocycles. The Labute approximate surface area is 150 Å². The number of nitrogens with zero attached hydrogens (tertiary/aromatic N) is 3. The third-order valence-electron chi connectivity index (χ3n) is 4.75. The quantitative estimate of drug-likeness (QED) is 0.694. The van der Waals surface area contributed by atoms with Crippen LogP contribution in [0.4, 0.5) is 0 Å². The molecule has 0 amide bonds. The topological polar surface area (TPSA) is 61.3 Å². The molecule has 0 atom stereocenters. The standard InChI is InChI=1S/C20H16ClN3O/c1-12-17-11-23-7-2-8-24(17)19-16(13-3-5-15(21)6-4-13)9-14(10-22)20(25)18(12)19/h3-6,9,11,25H,2,7-8H2,1H3. The molecule has 1 N–H and O–H groups in total. The third kappa shape index (κ3) is 2.40. The molecular formula is C20H16ClN3O. The number of halogens is 1. The van der Waals surface area contributed by atoms with Crippen molar-refractivity contribution in [1.29, 1.82) is 5.26 Å². The zero-order valence-electron chi connectivity index (χ0n) is 13.8. The number of nitriles is 1. The average molecular weight is 350 g/mol. The minimum Gasteiger partial charge on any atom is -0.506 e. The molecule has 0 fully saturated rings. The van der Waals surface area contributed by atoms with Crippen molar-refractivity contribution in [3.8, 4) is 22.9 Å². The zero-order valence-corrected chi connectivity index (χ0v) is 14.5. The van der Waals surface area contributed by atoms with Crippen molar-refractivity contribution >= 4 is 28.7 Å². The van der Waals surface area contributed by atoms with Crippen LogP contribution in [0.25, 0.3) is 22.0 Å². The van der Waals surface area contributed by atoms with Gasteiger partial charge in [-0.3, -0.25) is 4.99 Å². The highest BCUT2D eigenvalue weighted by Gasteiger charge is 2.23. The number of aromatic hydroxyl groups is 1. The Hall–Kier alpha value is -2.77. The van der Waals surface area contributed by atoms with E-state index < -0.39 is 0 Å². The summed E-state index contributed by atoms with van der Waals surface area (Å²) in [5, 5.41) is 21.5. The SMILES string of the molecule is Cc1c2n(c3c(-c4ccc(Cl)cc4)cc(C#N)c(O)c13)CCCN=C2. The Balaban J connectivity index is 2.16. The first-order chi connectivity index (χ1) is 12.1. The highest BCUT2D eigenvalue weighted by Crippen LogP contribution is 2.41. The molecule has 1 aliphatic heterocycles. The highest BCUT2D eigenvalue weighted by atomic mass is 35.5. The van der Waals surface area contributed by atoms with Gasteiger partial charge in [-0.2, -0.15) is 5.26 Å². The molecule has 5 heteroatoms. The molecule has 0 saturated heterocycles. The van der Waals surface area contributed by atoms with E-state index in [4.69, 9.17) is 11.6 Å². The number of aliphatic imine (C=N–C) groups is 1. The van der Waals surface area contributed by atoms with E-state index in [9.17, 15) is 10.4 Å². The van der Waals surface area contributed by atoms with Crippen molar-refractivity contribution in [2.45, 2.75) is 19.9 Å². The van der Waals surface area contributed by atoms with E-state index in [-0.39, 0.29) is 11.3 Å². The van der Waals surface area contributed by atoms with E-state index in [0.717, 1.165) is 52.8 Å². The van der Waals surface area contributed by atoms with E-state index >= 15 is 0 Å². The van der Waals surface area contributed by atoms with Crippen LogP contribution in [0.5, 0.6) is 5.75 Å². The van der Waals surface area contributed by atoms with Crippen LogP contribution in [0.2, 0.25) is 5.02 Å². The Bertz CT molecular complexity index is 1060. The lowest BCUT2D eigenvalue weighted by atomic mass is 9.97. The largest absolute Gasteiger partial charge is 0.506 e. The molecule has 2 heterocycles. The van der Waals surface area contributed by atoms with Crippen molar-refractivity contribution in [3.05, 3.63) is 52.2 Å². The van der Waals surface area contributed by atoms with Crippen LogP contribution in [0.15, 0.2) is 35.3 Å². The minimum atomic E-state index is 0.0432. The van der Waals surface area contributed by atoms with E-state index in [0.29, 0.717) is 5.02 Å². The lowest BCUT2D eigenvalue weighted by Crippen LogP contribution is -2.02. The molecule has 25 heavy (non-hydrogen) atoms. The second-order valence-electron chi connectivity index (χ2n) is 6.21. The van der Waals surface area contributed by atoms with E-state index in [2.05, 4.69) is 15.6 Å². The minimum absolute atomic E-state index is 0.0432. The maximum atomic E-state index is 10.7. The summed E-state index contributed by atoms with van der Waals surface area (Å²) in [7, 11) is 0. The summed E-state index contributed by atoms with van der Waals surface area (Å²) in [5.74, 6) is 0.0432. The molecule has 4 nitrogen and oxygen atoms in total. The second kappa shape index (κ2) is 5.94. The molecule has 1 aliphatic rings. The van der Waals surface area contributed by atoms with E-state index in [1.165, 1.54) is 0 Å². The first kappa shape index (κ1) is 15.7. The molecule has 124 valence electrons. The molecule has 1 aromatic heterocycles. The van der Waals surface area contributed by atoms with Gasteiger partial charge in [-0.05, 0) is 42.7 Å². The van der Waals surface area contributed by atoms with Gasteiger partial charge in [0.2, 0.25) is 0 Å². The molecule has 3 aromatic rings. The van der Waals surface area contributed by atoms with Gasteiger partial charge in [-0.15, -0.1) is 0 Å². The van der Waals surface area contributed by atoms with Crippen LogP contribution in [-0.4, -0.2) is 22.4 Å². The van der Waals surface area contributed by atoms with E-state index in [1.54, 1.807) is 6.07 Å². The zero-order chi connectivity index (χ0) is 17.6. The summed E-state index contributed by atoms with van der Waals surface area (Å²) >= 11 is 6.03. The monoisotopic (exact) mass is 349 g/mol. The van der Waals surface area contributed by atoms with Gasteiger partial charge >= 0.3 is 0 Å². The fraction of sp³-hybridized carbons (Fsp3) is 0.200. The number of aromatic nitrogens is 1. The summed E-state index contributed by atoms with van der Waals surface area (Å²) in [5.41, 5.74) is 5.05. The van der Waals surface area contributed by atoms with Crippen molar-refractivity contribution in [2.24, 2.45) is 4.99 Å². The first-order valence-electron chi connectivity index (χ1n) is 8.16. The summed E-state index contributed by atoms with van der Waals surface area (Å²) in [6, 6.07) is 11.4. The summed E-state index contributed by atoms with van der Waals surface area (Å²) < 4.78 is 2.20. The maximum Gasteiger partial charge on any atom is 0.143 e. The summed E-state index contributed by atoms with van der Waals surface area (Å²) in [4.78, 5) is 4.44. The van der Waals surface area contributed by atoms with Crippen molar-refractivity contribution < 1.29 is 5.11 Å². The predicted molar refractivity (Wildman–Crippen MR) is 101 cm³/mol. The number of phenolic OH excluding ortho intramolecular Hbond substituents is 1. The van der Waals surface area contributed by atoms with Gasteiger partial charge in [0.05, 0.1) is 16.8 Å². The van der Waals surface area contributed by atoms with Crippen LogP contribution in [0.1, 0.15) is 23.2 Å². The number of benzene rings is 2. The number of rotatable bonds is 1. The number of aryl methyl sites for hydroxylation is 2. The van der Waals surface area contributed by atoms with Crippen molar-refractivity contribution in [1.82, 2.24) is 4.57 Å². The predicted octanol–water partition coefficient (Wildman–Crippen LogP) is 4.67. The smallest absolute Gasteiger partial charge is 0.143 e. The molecule has 0 unspecified atom stereocenters. The van der Waals surface area contributed by atoms with Gasteiger partial charge in [0, 0.05) is 35.3 Å². The molecule has 0 spiro atoms. The number of phenols is 1. The van der Waals surface area contributed by atoms with Crippen molar-refractivity contribution in [2.75, 3.05) is 6.54 Å². The molecular weight excluding hydrogens is 334 g/mol. The molecule has 0 saturated carbocycles. The molecule has 2 aromatic carbocycles. The third-order valence-corrected chi connectivity index (χ3v) is 5.00. The Kier molecular flexibility index (Phi) is 3.74. The van der Waals surface area contributed by atoms with Gasteiger partial charge in [0.15, 0.2) is 0 Å². The average Bonchev–Trinajstić information content (AvgIpc) is 2.78. The summed E-state index contributed by atoms with van der Waals surface area (Å²) in [6.07, 6.45) is 2.81. The number of hydrogen-bond donors (Lipinski definition) is 1. The fourth-order valence-electron chi connectivity index (χ4n) is 3.55. The first-order valence-corrected chi connectivity index (χ1v) is 8.54. The van der Waals surface area contributed by atoms with Gasteiger partial charge in [0.25, 0.3) is 0 Å². The van der Waals surface area contributed by atoms with Gasteiger partial charge in [0.1, 0.15) is 11.8 Å². The van der Waals surface area contributed by atoms with Crippen LogP contribution in [-0.2, 0) is 6.54 Å². The summed E-state index contributed by atoms with van der Waals surface area (Å²) in [6.45, 7) is 3.59. The van der Waals surface area contributed by atoms with Crippen molar-refractivity contribution in [3.63, 3.8) is 0 Å². The lowest BCUT2D eigenvalue weighted by molar-refractivity contribution is 0.480. The number of fused-ring (bicyclic) bond motifs is 3. The Morgan fingerprint density at radius 2 is 2.04 bits per heavy atom. The molecule has 0 radical (unpaired) electrons. The highest BCUT2D eigenvalue weighted by molar-refractivity contribution is 6.30. The second-order valence-corrected chi connectivity index (χ2v) is 6.65.